The maximum absolute atomic E-state index is 3.43. The van der Waals surface area contributed by atoms with Gasteiger partial charge in [0, 0.05) is 31.7 Å². The number of aromatic nitrogens is 1. The lowest BCUT2D eigenvalue weighted by molar-refractivity contribution is 0.920. The molecule has 1 N–H and O–H groups in total. The van der Waals surface area contributed by atoms with E-state index in [0.717, 1.165) is 6.54 Å². The molecule has 1 aromatic carbocycles. The molecule has 0 aliphatic heterocycles. The van der Waals surface area contributed by atoms with Crippen molar-refractivity contribution < 1.29 is 0 Å². The predicted molar refractivity (Wildman–Crippen MR) is 68.7 cm³/mol. The fourth-order valence-electron chi connectivity index (χ4n) is 1.72. The van der Waals surface area contributed by atoms with Gasteiger partial charge in [0.25, 0.3) is 0 Å². The molecule has 2 rings (SSSR count). The van der Waals surface area contributed by atoms with Crippen molar-refractivity contribution in [3.05, 3.63) is 53.3 Å². The summed E-state index contributed by atoms with van der Waals surface area (Å²) < 4.78 is 2.07. The number of aryl methyl sites for hydroxylation is 3. The number of anilines is 1. The fraction of sp³-hybridized carbons (Fsp3) is 0.286. The van der Waals surface area contributed by atoms with Crippen LogP contribution in [0.1, 0.15) is 16.7 Å². The van der Waals surface area contributed by atoms with Crippen LogP contribution in [0.3, 0.4) is 0 Å². The van der Waals surface area contributed by atoms with Crippen molar-refractivity contribution in [1.82, 2.24) is 4.57 Å². The Morgan fingerprint density at radius 2 is 1.94 bits per heavy atom. The third kappa shape index (κ3) is 2.45. The van der Waals surface area contributed by atoms with E-state index in [0.29, 0.717) is 0 Å². The highest BCUT2D eigenvalue weighted by atomic mass is 14.9. The van der Waals surface area contributed by atoms with Crippen LogP contribution in [0.4, 0.5) is 5.69 Å². The second-order valence-corrected chi connectivity index (χ2v) is 4.34. The maximum Gasteiger partial charge on any atom is 0.0415 e. The Morgan fingerprint density at radius 1 is 1.12 bits per heavy atom. The zero-order chi connectivity index (χ0) is 11.5. The molecule has 0 saturated heterocycles. The third-order valence-corrected chi connectivity index (χ3v) is 2.90. The van der Waals surface area contributed by atoms with Gasteiger partial charge in [0.2, 0.25) is 0 Å². The fourth-order valence-corrected chi connectivity index (χ4v) is 1.72. The second kappa shape index (κ2) is 4.44. The first-order valence-corrected chi connectivity index (χ1v) is 5.57. The van der Waals surface area contributed by atoms with Crippen molar-refractivity contribution >= 4 is 5.69 Å². The van der Waals surface area contributed by atoms with E-state index in [1.807, 2.05) is 7.05 Å². The lowest BCUT2D eigenvalue weighted by atomic mass is 10.1. The van der Waals surface area contributed by atoms with Crippen LogP contribution in [0.15, 0.2) is 36.7 Å². The molecule has 0 aliphatic rings. The molecule has 1 heterocycles. The van der Waals surface area contributed by atoms with E-state index >= 15 is 0 Å². The molecule has 0 unspecified atom stereocenters. The van der Waals surface area contributed by atoms with Crippen molar-refractivity contribution in [2.45, 2.75) is 20.4 Å². The second-order valence-electron chi connectivity index (χ2n) is 4.34. The molecule has 0 amide bonds. The van der Waals surface area contributed by atoms with Gasteiger partial charge in [-0.05, 0) is 48.7 Å². The van der Waals surface area contributed by atoms with Crippen LogP contribution < -0.4 is 5.32 Å². The van der Waals surface area contributed by atoms with Crippen LogP contribution in [0, 0.1) is 13.8 Å². The molecule has 2 heteroatoms. The first-order chi connectivity index (χ1) is 7.65. The first kappa shape index (κ1) is 10.8. The summed E-state index contributed by atoms with van der Waals surface area (Å²) in [5.74, 6) is 0. The molecule has 0 bridgehead atoms. The number of nitrogens with one attached hydrogen (secondary N) is 1. The van der Waals surface area contributed by atoms with E-state index in [1.165, 1.54) is 22.4 Å². The molecule has 0 atom stereocenters. The highest BCUT2D eigenvalue weighted by molar-refractivity contribution is 5.48. The van der Waals surface area contributed by atoms with E-state index in [2.05, 4.69) is 60.4 Å². The minimum absolute atomic E-state index is 0.878. The Labute approximate surface area is 96.9 Å². The third-order valence-electron chi connectivity index (χ3n) is 2.90. The molecule has 0 aliphatic carbocycles. The van der Waals surface area contributed by atoms with Crippen molar-refractivity contribution in [1.29, 1.82) is 0 Å². The molecule has 0 spiro atoms. The van der Waals surface area contributed by atoms with Gasteiger partial charge >= 0.3 is 0 Å². The Bertz CT molecular complexity index is 483. The molecule has 0 fully saturated rings. The van der Waals surface area contributed by atoms with Crippen LogP contribution in [0.2, 0.25) is 0 Å². The Balaban J connectivity index is 2.02. The number of rotatable bonds is 3. The van der Waals surface area contributed by atoms with Gasteiger partial charge in [-0.15, -0.1) is 0 Å². The zero-order valence-electron chi connectivity index (χ0n) is 10.1. The van der Waals surface area contributed by atoms with Gasteiger partial charge in [0.1, 0.15) is 0 Å². The van der Waals surface area contributed by atoms with Gasteiger partial charge in [0.05, 0.1) is 0 Å². The van der Waals surface area contributed by atoms with E-state index in [4.69, 9.17) is 0 Å². The number of benzene rings is 1. The average molecular weight is 214 g/mol. The summed E-state index contributed by atoms with van der Waals surface area (Å²) in [5, 5.41) is 3.43. The summed E-state index contributed by atoms with van der Waals surface area (Å²) in [6.07, 6.45) is 4.20. The van der Waals surface area contributed by atoms with Crippen LogP contribution in [0.25, 0.3) is 0 Å². The monoisotopic (exact) mass is 214 g/mol. The van der Waals surface area contributed by atoms with Crippen LogP contribution >= 0.6 is 0 Å². The molecule has 1 aromatic heterocycles. The van der Waals surface area contributed by atoms with Gasteiger partial charge in [0.15, 0.2) is 0 Å². The van der Waals surface area contributed by atoms with Crippen LogP contribution in [-0.4, -0.2) is 4.57 Å². The number of hydrogen-bond acceptors (Lipinski definition) is 1. The summed E-state index contributed by atoms with van der Waals surface area (Å²) >= 11 is 0. The molecule has 2 aromatic rings. The van der Waals surface area contributed by atoms with E-state index in [9.17, 15) is 0 Å². The highest BCUT2D eigenvalue weighted by Gasteiger charge is 1.97. The largest absolute Gasteiger partial charge is 0.381 e. The predicted octanol–water partition coefficient (Wildman–Crippen LogP) is 3.25. The van der Waals surface area contributed by atoms with Gasteiger partial charge in [-0.2, -0.15) is 0 Å². The number of nitrogens with zero attached hydrogens (tertiary/aromatic N) is 1. The average Bonchev–Trinajstić information content (AvgIpc) is 2.66. The van der Waals surface area contributed by atoms with Gasteiger partial charge < -0.3 is 9.88 Å². The summed E-state index contributed by atoms with van der Waals surface area (Å²) in [6.45, 7) is 5.16. The normalized spacial score (nSPS) is 10.4. The van der Waals surface area contributed by atoms with Crippen molar-refractivity contribution in [2.24, 2.45) is 7.05 Å². The maximum atomic E-state index is 3.43. The minimum atomic E-state index is 0.878. The Morgan fingerprint density at radius 3 is 2.56 bits per heavy atom. The summed E-state index contributed by atoms with van der Waals surface area (Å²) in [6, 6.07) is 8.61. The van der Waals surface area contributed by atoms with Crippen LogP contribution in [-0.2, 0) is 13.6 Å². The van der Waals surface area contributed by atoms with Crippen molar-refractivity contribution in [3.63, 3.8) is 0 Å². The topological polar surface area (TPSA) is 17.0 Å². The summed E-state index contributed by atoms with van der Waals surface area (Å²) in [4.78, 5) is 0. The Hall–Kier alpha value is -1.70. The first-order valence-electron chi connectivity index (χ1n) is 5.57. The highest BCUT2D eigenvalue weighted by Crippen LogP contribution is 2.15. The molecule has 0 saturated carbocycles. The Kier molecular flexibility index (Phi) is 3.00. The van der Waals surface area contributed by atoms with Gasteiger partial charge in [-0.3, -0.25) is 0 Å². The molecule has 16 heavy (non-hydrogen) atoms. The quantitative estimate of drug-likeness (QED) is 0.830. The van der Waals surface area contributed by atoms with Gasteiger partial charge in [-0.1, -0.05) is 6.07 Å². The smallest absolute Gasteiger partial charge is 0.0415 e. The minimum Gasteiger partial charge on any atom is -0.381 e. The van der Waals surface area contributed by atoms with Crippen LogP contribution in [0.5, 0.6) is 0 Å². The zero-order valence-corrected chi connectivity index (χ0v) is 10.1. The number of hydrogen-bond donors (Lipinski definition) is 1. The van der Waals surface area contributed by atoms with E-state index in [1.54, 1.807) is 0 Å². The molecule has 84 valence electrons. The standard InChI is InChI=1S/C14H18N2/c1-11-4-5-14(8-12(11)2)15-9-13-6-7-16(3)10-13/h4-8,10,15H,9H2,1-3H3. The molecular formula is C14H18N2. The van der Waals surface area contributed by atoms with Crippen molar-refractivity contribution in [3.8, 4) is 0 Å². The molecular weight excluding hydrogens is 196 g/mol. The SMILES string of the molecule is Cc1ccc(NCc2ccn(C)c2)cc1C. The molecule has 0 radical (unpaired) electrons. The van der Waals surface area contributed by atoms with Gasteiger partial charge in [-0.25, -0.2) is 0 Å². The lowest BCUT2D eigenvalue weighted by Gasteiger charge is -2.07. The molecule has 2 nitrogen and oxygen atoms in total. The summed E-state index contributed by atoms with van der Waals surface area (Å²) in [7, 11) is 2.04. The van der Waals surface area contributed by atoms with Crippen molar-refractivity contribution in [2.75, 3.05) is 5.32 Å². The van der Waals surface area contributed by atoms with E-state index in [-0.39, 0.29) is 0 Å². The summed E-state index contributed by atoms with van der Waals surface area (Å²) in [5.41, 5.74) is 5.16. The van der Waals surface area contributed by atoms with E-state index < -0.39 is 0 Å². The lowest BCUT2D eigenvalue weighted by Crippen LogP contribution is -1.99.